The van der Waals surface area contributed by atoms with E-state index in [0.29, 0.717) is 12.2 Å². The number of aliphatic hydroxyl groups excluding tert-OH is 1. The van der Waals surface area contributed by atoms with Gasteiger partial charge in [0, 0.05) is 6.42 Å². The minimum Gasteiger partial charge on any atom is -0.480 e. The number of nitrogens with one attached hydrogen (secondary N) is 3. The predicted octanol–water partition coefficient (Wildman–Crippen LogP) is -0.503. The minimum absolute atomic E-state index is 0.0855. The first kappa shape index (κ1) is 28.4. The Morgan fingerprint density at radius 3 is 2.09 bits per heavy atom. The Kier molecular flexibility index (Phi) is 12.5. The van der Waals surface area contributed by atoms with Gasteiger partial charge in [-0.05, 0) is 29.9 Å². The summed E-state index contributed by atoms with van der Waals surface area (Å²) in [5, 5.41) is 25.9. The summed E-state index contributed by atoms with van der Waals surface area (Å²) < 4.78 is 0. The van der Waals surface area contributed by atoms with Crippen molar-refractivity contribution in [3.8, 4) is 0 Å². The molecule has 0 radical (unpaired) electrons. The van der Waals surface area contributed by atoms with Crippen LogP contribution in [0.15, 0.2) is 30.3 Å². The van der Waals surface area contributed by atoms with Gasteiger partial charge in [-0.2, -0.15) is 11.8 Å². The van der Waals surface area contributed by atoms with Crippen LogP contribution in [0.5, 0.6) is 0 Å². The molecule has 0 fully saturated rings. The second kappa shape index (κ2) is 14.5. The molecule has 0 aromatic heterocycles. The number of nitrogens with two attached hydrogens (primary N) is 1. The number of rotatable bonds is 14. The molecule has 1 rings (SSSR count). The summed E-state index contributed by atoms with van der Waals surface area (Å²) >= 11 is 1.56. The monoisotopic (exact) mass is 482 g/mol. The Morgan fingerprint density at radius 2 is 1.58 bits per heavy atom. The van der Waals surface area contributed by atoms with Crippen molar-refractivity contribution in [2.24, 2.45) is 11.7 Å². The topological polar surface area (TPSA) is 171 Å². The van der Waals surface area contributed by atoms with Crippen LogP contribution in [0.4, 0.5) is 0 Å². The first-order valence-corrected chi connectivity index (χ1v) is 12.0. The summed E-state index contributed by atoms with van der Waals surface area (Å²) in [6.07, 6.45) is 2.44. The van der Waals surface area contributed by atoms with Gasteiger partial charge in [0.15, 0.2) is 0 Å². The number of carboxylic acids is 1. The smallest absolute Gasteiger partial charge is 0.328 e. The summed E-state index contributed by atoms with van der Waals surface area (Å²) in [5.74, 6) is -2.83. The van der Waals surface area contributed by atoms with E-state index in [9.17, 15) is 24.3 Å². The Labute approximate surface area is 198 Å². The highest BCUT2D eigenvalue weighted by Gasteiger charge is 2.31. The molecule has 4 unspecified atom stereocenters. The van der Waals surface area contributed by atoms with Crippen molar-refractivity contribution in [2.75, 3.05) is 18.6 Å². The van der Waals surface area contributed by atoms with E-state index in [0.717, 1.165) is 5.56 Å². The summed E-state index contributed by atoms with van der Waals surface area (Å²) in [5.41, 5.74) is 6.64. The fourth-order valence-electron chi connectivity index (χ4n) is 2.95. The Hall–Kier alpha value is -2.63. The van der Waals surface area contributed by atoms with Gasteiger partial charge in [-0.25, -0.2) is 4.79 Å². The molecule has 0 heterocycles. The molecule has 0 aliphatic rings. The lowest BCUT2D eigenvalue weighted by molar-refractivity contribution is -0.143. The number of hydrogen-bond donors (Lipinski definition) is 6. The first-order valence-electron chi connectivity index (χ1n) is 10.6. The number of amides is 3. The molecule has 11 heteroatoms. The lowest BCUT2D eigenvalue weighted by Gasteiger charge is -2.27. The van der Waals surface area contributed by atoms with Crippen LogP contribution in [0, 0.1) is 5.92 Å². The number of carboxylic acid groups (broad SMARTS) is 1. The molecule has 10 nitrogen and oxygen atoms in total. The highest BCUT2D eigenvalue weighted by Crippen LogP contribution is 2.08. The quantitative estimate of drug-likeness (QED) is 0.206. The maximum Gasteiger partial charge on any atom is 0.328 e. The maximum absolute atomic E-state index is 13.0. The molecule has 33 heavy (non-hydrogen) atoms. The van der Waals surface area contributed by atoms with E-state index in [4.69, 9.17) is 10.8 Å². The fraction of sp³-hybridized carbons (Fsp3) is 0.545. The normalized spacial score (nSPS) is 14.6. The third kappa shape index (κ3) is 9.80. The molecule has 1 aromatic carbocycles. The van der Waals surface area contributed by atoms with Gasteiger partial charge in [0.1, 0.15) is 18.1 Å². The third-order valence-electron chi connectivity index (χ3n) is 4.93. The summed E-state index contributed by atoms with van der Waals surface area (Å²) in [6.45, 7) is 2.69. The Morgan fingerprint density at radius 1 is 0.970 bits per heavy atom. The van der Waals surface area contributed by atoms with Crippen molar-refractivity contribution >= 4 is 35.5 Å². The van der Waals surface area contributed by atoms with Crippen molar-refractivity contribution in [1.29, 1.82) is 0 Å². The lowest BCUT2D eigenvalue weighted by atomic mass is 10.00. The Balaban J connectivity index is 3.01. The second-order valence-electron chi connectivity index (χ2n) is 7.95. The van der Waals surface area contributed by atoms with Crippen LogP contribution in [-0.4, -0.2) is 76.7 Å². The molecule has 0 saturated heterocycles. The average molecular weight is 483 g/mol. The number of thioether (sulfide) groups is 1. The molecule has 7 N–H and O–H groups in total. The molecule has 0 aliphatic heterocycles. The van der Waals surface area contributed by atoms with E-state index in [-0.39, 0.29) is 12.3 Å². The number of hydrogen-bond acceptors (Lipinski definition) is 7. The van der Waals surface area contributed by atoms with Crippen molar-refractivity contribution in [3.05, 3.63) is 35.9 Å². The number of aliphatic carboxylic acids is 1. The zero-order valence-corrected chi connectivity index (χ0v) is 19.9. The molecule has 184 valence electrons. The molecule has 0 spiro atoms. The zero-order chi connectivity index (χ0) is 25.0. The van der Waals surface area contributed by atoms with Crippen LogP contribution in [0.25, 0.3) is 0 Å². The van der Waals surface area contributed by atoms with E-state index in [1.807, 2.05) is 6.26 Å². The van der Waals surface area contributed by atoms with Gasteiger partial charge in [0.25, 0.3) is 0 Å². The van der Waals surface area contributed by atoms with E-state index in [1.165, 1.54) is 0 Å². The van der Waals surface area contributed by atoms with Crippen LogP contribution >= 0.6 is 11.8 Å². The van der Waals surface area contributed by atoms with E-state index >= 15 is 0 Å². The third-order valence-corrected chi connectivity index (χ3v) is 5.57. The van der Waals surface area contributed by atoms with Gasteiger partial charge < -0.3 is 31.9 Å². The van der Waals surface area contributed by atoms with Crippen LogP contribution in [0.1, 0.15) is 25.8 Å². The van der Waals surface area contributed by atoms with Gasteiger partial charge in [0.05, 0.1) is 12.6 Å². The minimum atomic E-state index is -1.51. The van der Waals surface area contributed by atoms with Crippen molar-refractivity contribution < 1.29 is 29.4 Å². The van der Waals surface area contributed by atoms with Gasteiger partial charge in [-0.3, -0.25) is 14.4 Å². The van der Waals surface area contributed by atoms with Gasteiger partial charge in [-0.15, -0.1) is 0 Å². The SMILES string of the molecule is CSCCC(N)C(=O)NC(C(=O)NC(Cc1ccccc1)C(=O)NC(CO)C(=O)O)C(C)C. The van der Waals surface area contributed by atoms with Crippen molar-refractivity contribution in [2.45, 2.75) is 50.9 Å². The zero-order valence-electron chi connectivity index (χ0n) is 19.1. The van der Waals surface area contributed by atoms with Gasteiger partial charge in [0.2, 0.25) is 17.7 Å². The first-order chi connectivity index (χ1) is 15.6. The molecule has 0 aliphatic carbocycles. The molecule has 1 aromatic rings. The second-order valence-corrected chi connectivity index (χ2v) is 8.94. The van der Waals surface area contributed by atoms with Crippen LogP contribution in [0.2, 0.25) is 0 Å². The summed E-state index contributed by atoms with van der Waals surface area (Å²) in [4.78, 5) is 49.5. The van der Waals surface area contributed by atoms with Crippen molar-refractivity contribution in [3.63, 3.8) is 0 Å². The maximum atomic E-state index is 13.0. The molecular weight excluding hydrogens is 448 g/mol. The van der Waals surface area contributed by atoms with E-state index in [1.54, 1.807) is 55.9 Å². The number of carbonyl (C=O) groups is 4. The van der Waals surface area contributed by atoms with Crippen molar-refractivity contribution in [1.82, 2.24) is 16.0 Å². The molecule has 4 atom stereocenters. The van der Waals surface area contributed by atoms with Crippen LogP contribution in [-0.2, 0) is 25.6 Å². The number of benzene rings is 1. The molecule has 3 amide bonds. The largest absolute Gasteiger partial charge is 0.480 e. The summed E-state index contributed by atoms with van der Waals surface area (Å²) in [6, 6.07) is 4.51. The van der Waals surface area contributed by atoms with Gasteiger partial charge >= 0.3 is 5.97 Å². The molecule has 0 saturated carbocycles. The number of aliphatic hydroxyl groups is 1. The fourth-order valence-corrected chi connectivity index (χ4v) is 3.44. The van der Waals surface area contributed by atoms with E-state index in [2.05, 4.69) is 16.0 Å². The molecule has 0 bridgehead atoms. The van der Waals surface area contributed by atoms with Crippen LogP contribution in [0.3, 0.4) is 0 Å². The molecular formula is C22H34N4O6S. The predicted molar refractivity (Wildman–Crippen MR) is 126 cm³/mol. The van der Waals surface area contributed by atoms with Crippen LogP contribution < -0.4 is 21.7 Å². The Bertz CT molecular complexity index is 792. The summed E-state index contributed by atoms with van der Waals surface area (Å²) in [7, 11) is 0. The average Bonchev–Trinajstić information content (AvgIpc) is 2.78. The highest BCUT2D eigenvalue weighted by molar-refractivity contribution is 7.98. The highest BCUT2D eigenvalue weighted by atomic mass is 32.2. The number of carbonyl (C=O) groups excluding carboxylic acids is 3. The van der Waals surface area contributed by atoms with Gasteiger partial charge in [-0.1, -0.05) is 44.2 Å². The lowest BCUT2D eigenvalue weighted by Crippen LogP contribution is -2.59. The standard InChI is InChI=1S/C22H34N4O6S/c1-13(2)18(26-19(28)15(23)9-10-33-3)21(30)24-16(11-14-7-5-4-6-8-14)20(29)25-17(12-27)22(31)32/h4-8,13,15-18,27H,9-12,23H2,1-3H3,(H,24,30)(H,25,29)(H,26,28)(H,31,32). The van der Waals surface area contributed by atoms with E-state index < -0.39 is 54.5 Å².